The second-order valence-corrected chi connectivity index (χ2v) is 9.23. The Balaban J connectivity index is 2.11. The van der Waals surface area contributed by atoms with Gasteiger partial charge in [-0.15, -0.1) is 0 Å². The number of para-hydroxylation sites is 2. The molecule has 0 bridgehead atoms. The summed E-state index contributed by atoms with van der Waals surface area (Å²) in [7, 11) is -4.02. The average molecular weight is 433 g/mol. The minimum atomic E-state index is -4.02. The van der Waals surface area contributed by atoms with Crippen molar-refractivity contribution in [1.29, 1.82) is 0 Å². The summed E-state index contributed by atoms with van der Waals surface area (Å²) in [6.07, 6.45) is 0.0573. The lowest BCUT2D eigenvalue weighted by molar-refractivity contribution is -0.115. The smallest absolute Gasteiger partial charge is 0.242 e. The molecule has 2 aromatic carbocycles. The van der Waals surface area contributed by atoms with Gasteiger partial charge in [0.15, 0.2) is 9.84 Å². The summed E-state index contributed by atoms with van der Waals surface area (Å²) in [6.45, 7) is 7.60. The number of rotatable bonds is 9. The van der Waals surface area contributed by atoms with Crippen LogP contribution in [-0.2, 0) is 19.4 Å². The Hall–Kier alpha value is -2.87. The van der Waals surface area contributed by atoms with Gasteiger partial charge in [-0.25, -0.2) is 8.42 Å². The van der Waals surface area contributed by atoms with Crippen LogP contribution in [0.25, 0.3) is 0 Å². The molecular weight excluding hydrogens is 404 g/mol. The second kappa shape index (κ2) is 10.2. The van der Waals surface area contributed by atoms with Crippen LogP contribution in [0.5, 0.6) is 5.75 Å². The molecule has 162 valence electrons. The van der Waals surface area contributed by atoms with Crippen LogP contribution in [0.3, 0.4) is 0 Å². The molecule has 30 heavy (non-hydrogen) atoms. The van der Waals surface area contributed by atoms with Crippen LogP contribution in [0.15, 0.2) is 42.5 Å². The van der Waals surface area contributed by atoms with Gasteiger partial charge in [-0.3, -0.25) is 9.59 Å². The number of benzene rings is 2. The molecule has 0 aliphatic carbocycles. The predicted octanol–water partition coefficient (Wildman–Crippen LogP) is 3.47. The van der Waals surface area contributed by atoms with E-state index in [2.05, 4.69) is 10.6 Å². The summed E-state index contributed by atoms with van der Waals surface area (Å²) < 4.78 is 31.0. The molecule has 8 heteroatoms. The van der Waals surface area contributed by atoms with E-state index in [9.17, 15) is 18.0 Å². The van der Waals surface area contributed by atoms with Crippen molar-refractivity contribution in [3.63, 3.8) is 0 Å². The number of aryl methyl sites for hydroxylation is 2. The fourth-order valence-electron chi connectivity index (χ4n) is 3.19. The number of carbonyl (C=O) groups excluding carboxylic acids is 2. The summed E-state index contributed by atoms with van der Waals surface area (Å²) in [5, 5.41) is 3.89. The van der Waals surface area contributed by atoms with Gasteiger partial charge in [0, 0.05) is 5.69 Å². The number of hydrogen-bond donors (Lipinski definition) is 2. The van der Waals surface area contributed by atoms with Crippen LogP contribution in [0.1, 0.15) is 31.4 Å². The molecule has 2 aromatic rings. The maximum atomic E-state index is 12.8. The SMILES string of the molecule is CCOc1ccccc1NC(=O)CS(=O)(=O)C(CC)C(=O)Nc1cc(C)cc(C)c1. The molecule has 2 rings (SSSR count). The van der Waals surface area contributed by atoms with Gasteiger partial charge in [0.05, 0.1) is 12.3 Å². The number of hydrogen-bond acceptors (Lipinski definition) is 5. The maximum Gasteiger partial charge on any atom is 0.242 e. The van der Waals surface area contributed by atoms with Gasteiger partial charge in [0.25, 0.3) is 0 Å². The molecule has 1 atom stereocenters. The molecule has 7 nitrogen and oxygen atoms in total. The first-order valence-corrected chi connectivity index (χ1v) is 11.5. The van der Waals surface area contributed by atoms with Crippen molar-refractivity contribution in [2.24, 2.45) is 0 Å². The molecule has 0 aromatic heterocycles. The number of anilines is 2. The van der Waals surface area contributed by atoms with Crippen molar-refractivity contribution < 1.29 is 22.7 Å². The van der Waals surface area contributed by atoms with Gasteiger partial charge >= 0.3 is 0 Å². The summed E-state index contributed by atoms with van der Waals surface area (Å²) in [5.74, 6) is -1.72. The van der Waals surface area contributed by atoms with Crippen molar-refractivity contribution in [3.05, 3.63) is 53.6 Å². The van der Waals surface area contributed by atoms with Gasteiger partial charge < -0.3 is 15.4 Å². The lowest BCUT2D eigenvalue weighted by Gasteiger charge is -2.17. The zero-order valence-electron chi connectivity index (χ0n) is 17.7. The van der Waals surface area contributed by atoms with E-state index in [1.54, 1.807) is 43.3 Å². The summed E-state index contributed by atoms with van der Waals surface area (Å²) in [5.41, 5.74) is 2.82. The molecule has 0 aliphatic heterocycles. The first kappa shape index (κ1) is 23.4. The van der Waals surface area contributed by atoms with Crippen molar-refractivity contribution in [1.82, 2.24) is 0 Å². The Morgan fingerprint density at radius 1 is 1.00 bits per heavy atom. The fourth-order valence-corrected chi connectivity index (χ4v) is 4.72. The molecule has 0 heterocycles. The topological polar surface area (TPSA) is 102 Å². The van der Waals surface area contributed by atoms with E-state index in [1.165, 1.54) is 0 Å². The molecule has 1 unspecified atom stereocenters. The monoisotopic (exact) mass is 432 g/mol. The Labute approximate surface area is 177 Å². The third kappa shape index (κ3) is 6.32. The number of nitrogens with one attached hydrogen (secondary N) is 2. The van der Waals surface area contributed by atoms with E-state index < -0.39 is 32.7 Å². The van der Waals surface area contributed by atoms with Crippen molar-refractivity contribution in [2.75, 3.05) is 23.0 Å². The van der Waals surface area contributed by atoms with E-state index in [0.29, 0.717) is 23.7 Å². The zero-order chi connectivity index (χ0) is 22.3. The third-order valence-corrected chi connectivity index (χ3v) is 6.46. The van der Waals surface area contributed by atoms with Crippen molar-refractivity contribution in [3.8, 4) is 5.75 Å². The predicted molar refractivity (Wildman–Crippen MR) is 119 cm³/mol. The lowest BCUT2D eigenvalue weighted by Crippen LogP contribution is -2.39. The molecular formula is C22H28N2O5S. The quantitative estimate of drug-likeness (QED) is 0.632. The summed E-state index contributed by atoms with van der Waals surface area (Å²) in [6, 6.07) is 12.2. The van der Waals surface area contributed by atoms with Crippen LogP contribution in [-0.4, -0.2) is 37.8 Å². The highest BCUT2D eigenvalue weighted by Gasteiger charge is 2.33. The Kier molecular flexibility index (Phi) is 8.00. The Morgan fingerprint density at radius 3 is 2.23 bits per heavy atom. The van der Waals surface area contributed by atoms with Gasteiger partial charge in [0.1, 0.15) is 16.8 Å². The minimum absolute atomic E-state index is 0.0573. The zero-order valence-corrected chi connectivity index (χ0v) is 18.5. The number of ether oxygens (including phenoxy) is 1. The Morgan fingerprint density at radius 2 is 1.63 bits per heavy atom. The standard InChI is InChI=1S/C22H28N2O5S/c1-5-20(22(26)23-17-12-15(3)11-16(4)13-17)30(27,28)14-21(25)24-18-9-7-8-10-19(18)29-6-2/h7-13,20H,5-6,14H2,1-4H3,(H,23,26)(H,24,25). The Bertz CT molecular complexity index is 998. The van der Waals surface area contributed by atoms with E-state index in [0.717, 1.165) is 11.1 Å². The van der Waals surface area contributed by atoms with E-state index in [4.69, 9.17) is 4.74 Å². The highest BCUT2D eigenvalue weighted by Crippen LogP contribution is 2.24. The largest absolute Gasteiger partial charge is 0.492 e. The second-order valence-electron chi connectivity index (χ2n) is 7.05. The molecule has 2 amide bonds. The fraction of sp³-hybridized carbons (Fsp3) is 0.364. The molecule has 0 fully saturated rings. The molecule has 0 radical (unpaired) electrons. The molecule has 0 spiro atoms. The van der Waals surface area contributed by atoms with Crippen LogP contribution < -0.4 is 15.4 Å². The first-order valence-electron chi connectivity index (χ1n) is 9.78. The lowest BCUT2D eigenvalue weighted by atomic mass is 10.1. The molecule has 2 N–H and O–H groups in total. The normalized spacial score (nSPS) is 12.1. The summed E-state index contributed by atoms with van der Waals surface area (Å²) in [4.78, 5) is 25.0. The number of amides is 2. The van der Waals surface area contributed by atoms with Gasteiger partial charge in [-0.1, -0.05) is 25.1 Å². The van der Waals surface area contributed by atoms with Crippen LogP contribution in [0.2, 0.25) is 0 Å². The van der Waals surface area contributed by atoms with Gasteiger partial charge in [-0.2, -0.15) is 0 Å². The maximum absolute atomic E-state index is 12.8. The van der Waals surface area contributed by atoms with E-state index in [-0.39, 0.29) is 6.42 Å². The van der Waals surface area contributed by atoms with Crippen LogP contribution in [0, 0.1) is 13.8 Å². The van der Waals surface area contributed by atoms with E-state index in [1.807, 2.05) is 26.8 Å². The van der Waals surface area contributed by atoms with Crippen LogP contribution >= 0.6 is 0 Å². The van der Waals surface area contributed by atoms with Crippen molar-refractivity contribution in [2.45, 2.75) is 39.4 Å². The van der Waals surface area contributed by atoms with Gasteiger partial charge in [-0.05, 0) is 62.6 Å². The molecule has 0 aliphatic rings. The van der Waals surface area contributed by atoms with Crippen molar-refractivity contribution >= 4 is 33.0 Å². The molecule has 0 saturated carbocycles. The average Bonchev–Trinajstić information content (AvgIpc) is 2.62. The first-order chi connectivity index (χ1) is 14.2. The van der Waals surface area contributed by atoms with Crippen LogP contribution in [0.4, 0.5) is 11.4 Å². The number of sulfone groups is 1. The van der Waals surface area contributed by atoms with E-state index >= 15 is 0 Å². The molecule has 0 saturated heterocycles. The van der Waals surface area contributed by atoms with Gasteiger partial charge in [0.2, 0.25) is 11.8 Å². The summed E-state index contributed by atoms with van der Waals surface area (Å²) >= 11 is 0. The highest BCUT2D eigenvalue weighted by molar-refractivity contribution is 7.93. The highest BCUT2D eigenvalue weighted by atomic mass is 32.2. The number of carbonyl (C=O) groups is 2. The third-order valence-electron chi connectivity index (χ3n) is 4.38. The minimum Gasteiger partial charge on any atom is -0.492 e.